The third-order valence-corrected chi connectivity index (χ3v) is 4.00. The molecule has 0 saturated carbocycles. The third kappa shape index (κ3) is 4.20. The van der Waals surface area contributed by atoms with Gasteiger partial charge in [-0.2, -0.15) is 0 Å². The molecule has 2 atom stereocenters. The lowest BCUT2D eigenvalue weighted by Gasteiger charge is -2.35. The summed E-state index contributed by atoms with van der Waals surface area (Å²) >= 11 is 1.36. The van der Waals surface area contributed by atoms with Gasteiger partial charge in [-0.15, -0.1) is 11.8 Å². The smallest absolute Gasteiger partial charge is 0.341 e. The van der Waals surface area contributed by atoms with Gasteiger partial charge < -0.3 is 14.4 Å². The highest BCUT2D eigenvalue weighted by atomic mass is 32.2. The first-order chi connectivity index (χ1) is 10.5. The fourth-order valence-corrected chi connectivity index (χ4v) is 2.92. The molecular formula is C15H20N2O4S. The summed E-state index contributed by atoms with van der Waals surface area (Å²) in [5.41, 5.74) is 0.381. The Labute approximate surface area is 134 Å². The second-order valence-corrected chi connectivity index (χ2v) is 5.99. The Bertz CT molecular complexity index is 542. The maximum absolute atomic E-state index is 12.2. The predicted molar refractivity (Wildman–Crippen MR) is 82.9 cm³/mol. The second kappa shape index (κ2) is 7.60. The summed E-state index contributed by atoms with van der Waals surface area (Å²) in [5, 5.41) is 0.591. The number of carbonyl (C=O) groups is 2. The van der Waals surface area contributed by atoms with E-state index < -0.39 is 5.97 Å². The van der Waals surface area contributed by atoms with E-state index in [0.29, 0.717) is 23.7 Å². The first kappa shape index (κ1) is 16.8. The topological polar surface area (TPSA) is 68.7 Å². The van der Waals surface area contributed by atoms with Crippen molar-refractivity contribution in [1.29, 1.82) is 0 Å². The molecule has 1 amide bonds. The predicted octanol–water partition coefficient (Wildman–Crippen LogP) is 1.60. The maximum Gasteiger partial charge on any atom is 0.341 e. The van der Waals surface area contributed by atoms with E-state index >= 15 is 0 Å². The number of amides is 1. The summed E-state index contributed by atoms with van der Waals surface area (Å²) in [6.45, 7) is 4.61. The van der Waals surface area contributed by atoms with Gasteiger partial charge in [-0.25, -0.2) is 9.78 Å². The number of aromatic nitrogens is 1. The monoisotopic (exact) mass is 324 g/mol. The van der Waals surface area contributed by atoms with E-state index in [9.17, 15) is 9.59 Å². The van der Waals surface area contributed by atoms with Crippen LogP contribution in [0.15, 0.2) is 23.4 Å². The summed E-state index contributed by atoms with van der Waals surface area (Å²) in [4.78, 5) is 30.0. The van der Waals surface area contributed by atoms with Crippen molar-refractivity contribution in [2.24, 2.45) is 0 Å². The molecule has 0 unspecified atom stereocenters. The second-order valence-electron chi connectivity index (χ2n) is 5.19. The van der Waals surface area contributed by atoms with Crippen LogP contribution >= 0.6 is 11.8 Å². The van der Waals surface area contributed by atoms with Gasteiger partial charge in [0.1, 0.15) is 5.03 Å². The van der Waals surface area contributed by atoms with Gasteiger partial charge in [-0.05, 0) is 32.2 Å². The number of carbonyl (C=O) groups excluding carboxylic acids is 2. The fourth-order valence-electron chi connectivity index (χ4n) is 2.39. The average molecular weight is 324 g/mol. The zero-order valence-electron chi connectivity index (χ0n) is 12.9. The summed E-state index contributed by atoms with van der Waals surface area (Å²) in [5.74, 6) is -0.731. The Balaban J connectivity index is 1.92. The van der Waals surface area contributed by atoms with Crippen LogP contribution in [-0.2, 0) is 14.3 Å². The number of thioether (sulfide) groups is 1. The highest BCUT2D eigenvalue weighted by Crippen LogP contribution is 2.18. The van der Waals surface area contributed by atoms with Crippen LogP contribution in [0.1, 0.15) is 24.2 Å². The molecule has 2 rings (SSSR count). The van der Waals surface area contributed by atoms with Gasteiger partial charge in [-0.3, -0.25) is 4.79 Å². The third-order valence-electron chi connectivity index (χ3n) is 3.28. The molecule has 22 heavy (non-hydrogen) atoms. The zero-order chi connectivity index (χ0) is 16.1. The first-order valence-corrected chi connectivity index (χ1v) is 8.33. The number of hydrogen-bond acceptors (Lipinski definition) is 6. The summed E-state index contributed by atoms with van der Waals surface area (Å²) in [7, 11) is 0. The number of ether oxygens (including phenoxy) is 2. The van der Waals surface area contributed by atoms with Crippen LogP contribution in [0.25, 0.3) is 0 Å². The van der Waals surface area contributed by atoms with Crippen molar-refractivity contribution in [2.45, 2.75) is 31.1 Å². The highest BCUT2D eigenvalue weighted by Gasteiger charge is 2.26. The molecule has 0 aromatic carbocycles. The standard InChI is InChI=1S/C15H20N2O4S/c1-10-7-17(8-11(2)21-10)13(18)9-20-15(19)12-5-4-6-16-14(12)22-3/h4-6,10-11H,7-9H2,1-3H3/t10-,11-/m0/s1. The molecule has 1 fully saturated rings. The van der Waals surface area contributed by atoms with E-state index in [1.807, 2.05) is 20.1 Å². The van der Waals surface area contributed by atoms with E-state index in [0.717, 1.165) is 0 Å². The Morgan fingerprint density at radius 1 is 1.41 bits per heavy atom. The normalized spacial score (nSPS) is 21.5. The van der Waals surface area contributed by atoms with E-state index in [-0.39, 0.29) is 24.7 Å². The van der Waals surface area contributed by atoms with Crippen LogP contribution < -0.4 is 0 Å². The van der Waals surface area contributed by atoms with Gasteiger partial charge in [0.05, 0.1) is 17.8 Å². The summed E-state index contributed by atoms with van der Waals surface area (Å²) in [6.07, 6.45) is 3.43. The number of esters is 1. The van der Waals surface area contributed by atoms with Crippen molar-refractivity contribution in [3.8, 4) is 0 Å². The quantitative estimate of drug-likeness (QED) is 0.619. The van der Waals surface area contributed by atoms with Crippen LogP contribution in [0.3, 0.4) is 0 Å². The Morgan fingerprint density at radius 2 is 2.09 bits per heavy atom. The Hall–Kier alpha value is -1.60. The molecule has 1 aromatic rings. The molecule has 6 nitrogen and oxygen atoms in total. The minimum atomic E-state index is -0.528. The number of nitrogens with zero attached hydrogens (tertiary/aromatic N) is 2. The molecule has 1 aliphatic heterocycles. The molecule has 7 heteroatoms. The minimum Gasteiger partial charge on any atom is -0.452 e. The largest absolute Gasteiger partial charge is 0.452 e. The SMILES string of the molecule is CSc1ncccc1C(=O)OCC(=O)N1C[C@H](C)O[C@@H](C)C1. The average Bonchev–Trinajstić information content (AvgIpc) is 2.51. The number of morpholine rings is 1. The molecule has 0 N–H and O–H groups in total. The Kier molecular flexibility index (Phi) is 5.79. The minimum absolute atomic E-state index is 0.00943. The number of rotatable bonds is 4. The summed E-state index contributed by atoms with van der Waals surface area (Å²) < 4.78 is 10.7. The molecule has 0 radical (unpaired) electrons. The molecule has 120 valence electrons. The van der Waals surface area contributed by atoms with Gasteiger partial charge in [0.2, 0.25) is 0 Å². The number of pyridine rings is 1. The van der Waals surface area contributed by atoms with Crippen LogP contribution in [0.4, 0.5) is 0 Å². The maximum atomic E-state index is 12.2. The van der Waals surface area contributed by atoms with Crippen LogP contribution in [0.2, 0.25) is 0 Å². The Morgan fingerprint density at radius 3 is 2.73 bits per heavy atom. The van der Waals surface area contributed by atoms with Crippen molar-refractivity contribution < 1.29 is 19.1 Å². The molecular weight excluding hydrogens is 304 g/mol. The molecule has 1 aromatic heterocycles. The molecule has 1 aliphatic rings. The van der Waals surface area contributed by atoms with Gasteiger partial charge in [-0.1, -0.05) is 0 Å². The lowest BCUT2D eigenvalue weighted by Crippen LogP contribution is -2.49. The van der Waals surface area contributed by atoms with Crippen molar-refractivity contribution >= 4 is 23.6 Å². The molecule has 0 bridgehead atoms. The van der Waals surface area contributed by atoms with Crippen molar-refractivity contribution in [3.05, 3.63) is 23.9 Å². The zero-order valence-corrected chi connectivity index (χ0v) is 13.8. The van der Waals surface area contributed by atoms with Crippen molar-refractivity contribution in [2.75, 3.05) is 26.0 Å². The van der Waals surface area contributed by atoms with Gasteiger partial charge in [0, 0.05) is 19.3 Å². The lowest BCUT2D eigenvalue weighted by molar-refractivity contribution is -0.146. The van der Waals surface area contributed by atoms with Crippen molar-refractivity contribution in [1.82, 2.24) is 9.88 Å². The van der Waals surface area contributed by atoms with Crippen LogP contribution in [0, 0.1) is 0 Å². The van der Waals surface area contributed by atoms with Crippen molar-refractivity contribution in [3.63, 3.8) is 0 Å². The molecule has 0 spiro atoms. The van der Waals surface area contributed by atoms with E-state index in [2.05, 4.69) is 4.98 Å². The van der Waals surface area contributed by atoms with Crippen LogP contribution in [0.5, 0.6) is 0 Å². The molecule has 1 saturated heterocycles. The fraction of sp³-hybridized carbons (Fsp3) is 0.533. The molecule has 0 aliphatic carbocycles. The van der Waals surface area contributed by atoms with Gasteiger partial charge in [0.25, 0.3) is 5.91 Å². The lowest BCUT2D eigenvalue weighted by atomic mass is 10.2. The molecule has 2 heterocycles. The van der Waals surface area contributed by atoms with E-state index in [1.165, 1.54) is 11.8 Å². The first-order valence-electron chi connectivity index (χ1n) is 7.10. The van der Waals surface area contributed by atoms with Gasteiger partial charge >= 0.3 is 5.97 Å². The summed E-state index contributed by atoms with van der Waals surface area (Å²) in [6, 6.07) is 3.31. The van der Waals surface area contributed by atoms with Crippen LogP contribution in [-0.4, -0.2) is 59.9 Å². The highest BCUT2D eigenvalue weighted by molar-refractivity contribution is 7.98. The van der Waals surface area contributed by atoms with Gasteiger partial charge in [0.15, 0.2) is 6.61 Å². The van der Waals surface area contributed by atoms with E-state index in [4.69, 9.17) is 9.47 Å². The van der Waals surface area contributed by atoms with E-state index in [1.54, 1.807) is 23.2 Å². The number of hydrogen-bond donors (Lipinski definition) is 0.